The summed E-state index contributed by atoms with van der Waals surface area (Å²) in [6, 6.07) is 11.5. The highest BCUT2D eigenvalue weighted by molar-refractivity contribution is 5.63. The molecule has 0 saturated heterocycles. The van der Waals surface area contributed by atoms with E-state index in [0.29, 0.717) is 19.1 Å². The lowest BCUT2D eigenvalue weighted by atomic mass is 10.1. The molecular weight excluding hydrogens is 356 g/mol. The minimum atomic E-state index is 0.406. The second kappa shape index (κ2) is 10.4. The van der Waals surface area contributed by atoms with Crippen LogP contribution in [0.2, 0.25) is 0 Å². The Morgan fingerprint density at radius 2 is 1.93 bits per heavy atom. The summed E-state index contributed by atoms with van der Waals surface area (Å²) in [5.74, 6) is 1.28. The third kappa shape index (κ3) is 5.77. The molecule has 3 rings (SSSR count). The van der Waals surface area contributed by atoms with Gasteiger partial charge in [-0.05, 0) is 44.4 Å². The van der Waals surface area contributed by atoms with Crippen LogP contribution < -0.4 is 14.8 Å². The standard InChI is InChI=1S/C20H26N6O2/c1-21-10-11-26(2)15-17-14-23-25-20(17)16-5-7-18(8-6-16)27-12-13-28-19-4-3-9-22-24-19/h3-9,14,21H,10-13,15H2,1-2H3,(H,23,25). The van der Waals surface area contributed by atoms with Crippen molar-refractivity contribution in [3.8, 4) is 22.9 Å². The zero-order valence-corrected chi connectivity index (χ0v) is 16.3. The molecule has 8 nitrogen and oxygen atoms in total. The topological polar surface area (TPSA) is 88.2 Å². The number of H-pyrrole nitrogens is 1. The molecule has 0 spiro atoms. The monoisotopic (exact) mass is 382 g/mol. The first kappa shape index (κ1) is 19.8. The summed E-state index contributed by atoms with van der Waals surface area (Å²) in [5.41, 5.74) is 3.19. The van der Waals surface area contributed by atoms with Crippen molar-refractivity contribution >= 4 is 0 Å². The molecule has 8 heteroatoms. The van der Waals surface area contributed by atoms with Crippen LogP contribution in [0.1, 0.15) is 5.56 Å². The minimum absolute atomic E-state index is 0.406. The van der Waals surface area contributed by atoms with Gasteiger partial charge in [-0.1, -0.05) is 0 Å². The average Bonchev–Trinajstić information content (AvgIpc) is 3.19. The Bertz CT molecular complexity index is 822. The van der Waals surface area contributed by atoms with Crippen LogP contribution in [0.25, 0.3) is 11.3 Å². The van der Waals surface area contributed by atoms with Crippen molar-refractivity contribution in [1.29, 1.82) is 0 Å². The van der Waals surface area contributed by atoms with Crippen LogP contribution in [-0.2, 0) is 6.54 Å². The Hall–Kier alpha value is -2.97. The molecular formula is C20H26N6O2. The summed E-state index contributed by atoms with van der Waals surface area (Å²) in [7, 11) is 4.07. The van der Waals surface area contributed by atoms with Gasteiger partial charge in [-0.25, -0.2) is 0 Å². The van der Waals surface area contributed by atoms with Crippen LogP contribution in [0.4, 0.5) is 0 Å². The number of nitrogens with zero attached hydrogens (tertiary/aromatic N) is 4. The largest absolute Gasteiger partial charge is 0.490 e. The lowest BCUT2D eigenvalue weighted by Crippen LogP contribution is -2.26. The van der Waals surface area contributed by atoms with E-state index in [9.17, 15) is 0 Å². The molecule has 0 fully saturated rings. The van der Waals surface area contributed by atoms with Gasteiger partial charge in [0.05, 0.1) is 5.69 Å². The molecule has 0 bridgehead atoms. The van der Waals surface area contributed by atoms with E-state index in [2.05, 4.69) is 37.7 Å². The smallest absolute Gasteiger partial charge is 0.233 e. The maximum Gasteiger partial charge on any atom is 0.233 e. The Morgan fingerprint density at radius 3 is 2.68 bits per heavy atom. The number of hydrogen-bond donors (Lipinski definition) is 2. The first-order valence-electron chi connectivity index (χ1n) is 9.26. The van der Waals surface area contributed by atoms with Gasteiger partial charge in [-0.2, -0.15) is 10.2 Å². The molecule has 0 aliphatic heterocycles. The van der Waals surface area contributed by atoms with Crippen molar-refractivity contribution in [3.05, 3.63) is 54.4 Å². The number of likely N-dealkylation sites (N-methyl/N-ethyl adjacent to an activating group) is 2. The second-order valence-corrected chi connectivity index (χ2v) is 6.38. The van der Waals surface area contributed by atoms with Crippen molar-refractivity contribution < 1.29 is 9.47 Å². The molecule has 0 aliphatic carbocycles. The third-order valence-electron chi connectivity index (χ3n) is 4.18. The number of benzene rings is 1. The van der Waals surface area contributed by atoms with Crippen LogP contribution in [0.3, 0.4) is 0 Å². The van der Waals surface area contributed by atoms with E-state index in [0.717, 1.165) is 36.6 Å². The molecule has 0 saturated carbocycles. The maximum absolute atomic E-state index is 5.72. The van der Waals surface area contributed by atoms with E-state index in [1.54, 1.807) is 18.3 Å². The van der Waals surface area contributed by atoms with Crippen LogP contribution in [0.15, 0.2) is 48.8 Å². The van der Waals surface area contributed by atoms with Crippen LogP contribution in [-0.4, -0.2) is 65.7 Å². The molecule has 148 valence electrons. The number of rotatable bonds is 11. The lowest BCUT2D eigenvalue weighted by molar-refractivity contribution is 0.210. The highest BCUT2D eigenvalue weighted by Crippen LogP contribution is 2.24. The Kier molecular flexibility index (Phi) is 7.34. The van der Waals surface area contributed by atoms with Gasteiger partial charge in [0.15, 0.2) is 0 Å². The van der Waals surface area contributed by atoms with E-state index >= 15 is 0 Å². The molecule has 1 aromatic carbocycles. The van der Waals surface area contributed by atoms with Crippen molar-refractivity contribution in [2.45, 2.75) is 6.54 Å². The van der Waals surface area contributed by atoms with Gasteiger partial charge < -0.3 is 19.7 Å². The number of ether oxygens (including phenoxy) is 2. The zero-order valence-electron chi connectivity index (χ0n) is 16.3. The van der Waals surface area contributed by atoms with Gasteiger partial charge in [-0.15, -0.1) is 5.10 Å². The summed E-state index contributed by atoms with van der Waals surface area (Å²) in [5, 5.41) is 18.2. The van der Waals surface area contributed by atoms with Crippen molar-refractivity contribution in [2.75, 3.05) is 40.4 Å². The van der Waals surface area contributed by atoms with Gasteiger partial charge in [0.2, 0.25) is 5.88 Å². The summed E-state index contributed by atoms with van der Waals surface area (Å²) >= 11 is 0. The molecule has 2 N–H and O–H groups in total. The summed E-state index contributed by atoms with van der Waals surface area (Å²) in [4.78, 5) is 2.26. The van der Waals surface area contributed by atoms with Crippen LogP contribution >= 0.6 is 0 Å². The molecule has 0 atom stereocenters. The van der Waals surface area contributed by atoms with Gasteiger partial charge in [-0.3, -0.25) is 5.10 Å². The molecule has 2 heterocycles. The van der Waals surface area contributed by atoms with Crippen molar-refractivity contribution in [1.82, 2.24) is 30.6 Å². The fourth-order valence-corrected chi connectivity index (χ4v) is 2.74. The summed E-state index contributed by atoms with van der Waals surface area (Å²) in [6.45, 7) is 3.61. The fourth-order valence-electron chi connectivity index (χ4n) is 2.74. The molecule has 0 radical (unpaired) electrons. The SMILES string of the molecule is CNCCN(C)Cc1c[nH]nc1-c1ccc(OCCOc2cccnn2)cc1. The number of nitrogens with one attached hydrogen (secondary N) is 2. The van der Waals surface area contributed by atoms with Gasteiger partial charge in [0.1, 0.15) is 19.0 Å². The van der Waals surface area contributed by atoms with Gasteiger partial charge >= 0.3 is 0 Å². The van der Waals surface area contributed by atoms with E-state index in [1.165, 1.54) is 5.56 Å². The highest BCUT2D eigenvalue weighted by Gasteiger charge is 2.11. The first-order valence-corrected chi connectivity index (χ1v) is 9.26. The molecule has 3 aromatic rings. The van der Waals surface area contributed by atoms with E-state index < -0.39 is 0 Å². The van der Waals surface area contributed by atoms with E-state index in [4.69, 9.17) is 9.47 Å². The molecule has 0 unspecified atom stereocenters. The fraction of sp³-hybridized carbons (Fsp3) is 0.350. The number of hydrogen-bond acceptors (Lipinski definition) is 7. The Labute approximate surface area is 164 Å². The molecule has 28 heavy (non-hydrogen) atoms. The first-order chi connectivity index (χ1) is 13.8. The Morgan fingerprint density at radius 1 is 1.11 bits per heavy atom. The average molecular weight is 382 g/mol. The van der Waals surface area contributed by atoms with E-state index in [-0.39, 0.29) is 0 Å². The van der Waals surface area contributed by atoms with Crippen LogP contribution in [0.5, 0.6) is 11.6 Å². The maximum atomic E-state index is 5.72. The summed E-state index contributed by atoms with van der Waals surface area (Å²) in [6.07, 6.45) is 3.57. The van der Waals surface area contributed by atoms with Crippen LogP contribution in [0, 0.1) is 0 Å². The lowest BCUT2D eigenvalue weighted by Gasteiger charge is -2.16. The predicted molar refractivity (Wildman–Crippen MR) is 107 cm³/mol. The number of aromatic amines is 1. The van der Waals surface area contributed by atoms with Gasteiger partial charge in [0, 0.05) is 49.2 Å². The minimum Gasteiger partial charge on any atom is -0.490 e. The quantitative estimate of drug-likeness (QED) is 0.490. The normalized spacial score (nSPS) is 11.0. The van der Waals surface area contributed by atoms with Crippen molar-refractivity contribution in [3.63, 3.8) is 0 Å². The van der Waals surface area contributed by atoms with E-state index in [1.807, 2.05) is 37.5 Å². The molecule has 2 aromatic heterocycles. The van der Waals surface area contributed by atoms with Crippen molar-refractivity contribution in [2.24, 2.45) is 0 Å². The zero-order chi connectivity index (χ0) is 19.6. The number of aromatic nitrogens is 4. The summed E-state index contributed by atoms with van der Waals surface area (Å²) < 4.78 is 11.2. The highest BCUT2D eigenvalue weighted by atomic mass is 16.5. The molecule has 0 aliphatic rings. The molecule has 0 amide bonds. The predicted octanol–water partition coefficient (Wildman–Crippen LogP) is 1.98. The van der Waals surface area contributed by atoms with Gasteiger partial charge in [0.25, 0.3) is 0 Å². The Balaban J connectivity index is 1.51. The second-order valence-electron chi connectivity index (χ2n) is 6.38. The third-order valence-corrected chi connectivity index (χ3v) is 4.18.